The minimum atomic E-state index is -0.461. The number of hydrogen-bond donors (Lipinski definition) is 1. The van der Waals surface area contributed by atoms with Crippen molar-refractivity contribution in [3.8, 4) is 11.5 Å². The van der Waals surface area contributed by atoms with Gasteiger partial charge in [0.05, 0.1) is 5.02 Å². The van der Waals surface area contributed by atoms with E-state index in [1.807, 2.05) is 0 Å². The molecule has 18 heavy (non-hydrogen) atoms. The van der Waals surface area contributed by atoms with Gasteiger partial charge < -0.3 is 10.5 Å². The van der Waals surface area contributed by atoms with Crippen LogP contribution in [0.4, 0.5) is 4.39 Å². The summed E-state index contributed by atoms with van der Waals surface area (Å²) in [5, 5.41) is 0.409. The van der Waals surface area contributed by atoms with Gasteiger partial charge in [-0.2, -0.15) is 0 Å². The molecule has 2 rings (SSSR count). The summed E-state index contributed by atoms with van der Waals surface area (Å²) in [6.07, 6.45) is 0. The molecule has 0 bridgehead atoms. The van der Waals surface area contributed by atoms with Crippen LogP contribution in [0, 0.1) is 5.82 Å². The molecule has 0 saturated carbocycles. The summed E-state index contributed by atoms with van der Waals surface area (Å²) in [5.74, 6) is 0.0626. The van der Waals surface area contributed by atoms with E-state index in [-0.39, 0.29) is 12.3 Å². The van der Waals surface area contributed by atoms with E-state index >= 15 is 0 Å². The van der Waals surface area contributed by atoms with E-state index in [0.29, 0.717) is 16.3 Å². The third-order valence-electron chi connectivity index (χ3n) is 2.35. The fraction of sp³-hybridized carbons (Fsp3) is 0.0769. The van der Waals surface area contributed by atoms with Gasteiger partial charge in [0.2, 0.25) is 0 Å². The monoisotopic (exact) mass is 329 g/mol. The van der Waals surface area contributed by atoms with E-state index < -0.39 is 5.82 Å². The van der Waals surface area contributed by atoms with E-state index in [1.165, 1.54) is 12.1 Å². The molecule has 0 aliphatic carbocycles. The second-order valence-corrected chi connectivity index (χ2v) is 4.97. The maximum absolute atomic E-state index is 13.7. The van der Waals surface area contributed by atoms with Crippen molar-refractivity contribution in [3.05, 3.63) is 57.3 Å². The third-order valence-corrected chi connectivity index (χ3v) is 3.13. The van der Waals surface area contributed by atoms with Crippen molar-refractivity contribution in [1.82, 2.24) is 0 Å². The molecule has 0 unspecified atom stereocenters. The molecule has 94 valence electrons. The molecule has 2 nitrogen and oxygen atoms in total. The van der Waals surface area contributed by atoms with Gasteiger partial charge >= 0.3 is 0 Å². The molecule has 0 aromatic heterocycles. The van der Waals surface area contributed by atoms with Crippen LogP contribution in [0.15, 0.2) is 40.9 Å². The first-order valence-corrected chi connectivity index (χ1v) is 6.38. The van der Waals surface area contributed by atoms with Crippen LogP contribution in [-0.2, 0) is 6.54 Å². The molecular weight excluding hydrogens is 321 g/mol. The topological polar surface area (TPSA) is 35.2 Å². The Bertz CT molecular complexity index is 577. The lowest BCUT2D eigenvalue weighted by Crippen LogP contribution is -1.97. The van der Waals surface area contributed by atoms with Gasteiger partial charge in [0.25, 0.3) is 0 Å². The Morgan fingerprint density at radius 2 is 1.89 bits per heavy atom. The summed E-state index contributed by atoms with van der Waals surface area (Å²) in [6, 6.07) is 9.72. The molecule has 5 heteroatoms. The maximum Gasteiger partial charge on any atom is 0.166 e. The van der Waals surface area contributed by atoms with E-state index in [0.717, 1.165) is 4.47 Å². The quantitative estimate of drug-likeness (QED) is 0.899. The largest absolute Gasteiger partial charge is 0.453 e. The lowest BCUT2D eigenvalue weighted by molar-refractivity contribution is 0.442. The number of halogens is 3. The van der Waals surface area contributed by atoms with Crippen molar-refractivity contribution < 1.29 is 9.13 Å². The summed E-state index contributed by atoms with van der Waals surface area (Å²) in [6.45, 7) is 0.288. The molecular formula is C13H10BrClFNO. The van der Waals surface area contributed by atoms with Crippen molar-refractivity contribution in [3.63, 3.8) is 0 Å². The predicted octanol–water partition coefficient (Wildman–Crippen LogP) is 4.49. The minimum Gasteiger partial charge on any atom is -0.453 e. The number of nitrogens with two attached hydrogens (primary N) is 1. The van der Waals surface area contributed by atoms with Crippen molar-refractivity contribution >= 4 is 27.5 Å². The number of ether oxygens (including phenoxy) is 1. The Kier molecular flexibility index (Phi) is 4.22. The van der Waals surface area contributed by atoms with Crippen LogP contribution in [0.2, 0.25) is 5.02 Å². The van der Waals surface area contributed by atoms with Gasteiger partial charge in [-0.3, -0.25) is 0 Å². The highest BCUT2D eigenvalue weighted by Gasteiger charge is 2.08. The molecule has 0 heterocycles. The molecule has 0 aliphatic rings. The Hall–Kier alpha value is -1.10. The minimum absolute atomic E-state index is 0.122. The van der Waals surface area contributed by atoms with Crippen LogP contribution in [0.3, 0.4) is 0 Å². The van der Waals surface area contributed by atoms with Crippen molar-refractivity contribution in [1.29, 1.82) is 0 Å². The highest BCUT2D eigenvalue weighted by atomic mass is 79.9. The first kappa shape index (κ1) is 13.3. The zero-order chi connectivity index (χ0) is 13.1. The predicted molar refractivity (Wildman–Crippen MR) is 73.5 cm³/mol. The van der Waals surface area contributed by atoms with Crippen LogP contribution in [0.25, 0.3) is 0 Å². The molecule has 0 atom stereocenters. The normalized spacial score (nSPS) is 10.4. The Balaban J connectivity index is 2.28. The van der Waals surface area contributed by atoms with Crippen LogP contribution in [-0.4, -0.2) is 0 Å². The van der Waals surface area contributed by atoms with Crippen molar-refractivity contribution in [2.24, 2.45) is 5.73 Å². The van der Waals surface area contributed by atoms with Crippen LogP contribution in [0.1, 0.15) is 5.56 Å². The number of benzene rings is 2. The molecule has 2 aromatic rings. The van der Waals surface area contributed by atoms with E-state index in [1.54, 1.807) is 24.3 Å². The smallest absolute Gasteiger partial charge is 0.166 e. The standard InChI is InChI=1S/C13H10BrClFNO/c14-9-2-4-12(10(15)6-9)18-13-3-1-8(7-17)5-11(13)16/h1-6H,7,17H2. The summed E-state index contributed by atoms with van der Waals surface area (Å²) in [5.41, 5.74) is 6.14. The SMILES string of the molecule is NCc1ccc(Oc2ccc(Br)cc2Cl)c(F)c1. The zero-order valence-corrected chi connectivity index (χ0v) is 11.6. The first-order valence-electron chi connectivity index (χ1n) is 5.21. The molecule has 0 radical (unpaired) electrons. The second-order valence-electron chi connectivity index (χ2n) is 3.65. The van der Waals surface area contributed by atoms with Gasteiger partial charge in [-0.15, -0.1) is 0 Å². The number of hydrogen-bond acceptors (Lipinski definition) is 2. The molecule has 2 N–H and O–H groups in total. The van der Waals surface area contributed by atoms with Gasteiger partial charge in [-0.1, -0.05) is 33.6 Å². The van der Waals surface area contributed by atoms with Crippen molar-refractivity contribution in [2.75, 3.05) is 0 Å². The molecule has 0 fully saturated rings. The molecule has 0 amide bonds. The van der Waals surface area contributed by atoms with Crippen molar-refractivity contribution in [2.45, 2.75) is 6.54 Å². The summed E-state index contributed by atoms with van der Waals surface area (Å²) >= 11 is 9.28. The lowest BCUT2D eigenvalue weighted by atomic mass is 10.2. The van der Waals surface area contributed by atoms with Crippen LogP contribution in [0.5, 0.6) is 11.5 Å². The Labute approximate surface area is 118 Å². The fourth-order valence-corrected chi connectivity index (χ4v) is 2.14. The fourth-order valence-electron chi connectivity index (χ4n) is 1.43. The number of rotatable bonds is 3. The van der Waals surface area contributed by atoms with E-state index in [9.17, 15) is 4.39 Å². The first-order chi connectivity index (χ1) is 8.60. The highest BCUT2D eigenvalue weighted by molar-refractivity contribution is 9.10. The van der Waals surface area contributed by atoms with Crippen LogP contribution >= 0.6 is 27.5 Å². The zero-order valence-electron chi connectivity index (χ0n) is 9.29. The molecule has 0 aliphatic heterocycles. The summed E-state index contributed by atoms with van der Waals surface area (Å²) in [4.78, 5) is 0. The second kappa shape index (κ2) is 5.69. The summed E-state index contributed by atoms with van der Waals surface area (Å²) < 4.78 is 20.0. The highest BCUT2D eigenvalue weighted by Crippen LogP contribution is 2.32. The third kappa shape index (κ3) is 3.02. The average molecular weight is 331 g/mol. The van der Waals surface area contributed by atoms with E-state index in [4.69, 9.17) is 22.1 Å². The lowest BCUT2D eigenvalue weighted by Gasteiger charge is -2.09. The Morgan fingerprint density at radius 1 is 1.17 bits per heavy atom. The van der Waals surface area contributed by atoms with Gasteiger partial charge in [0, 0.05) is 11.0 Å². The molecule has 2 aromatic carbocycles. The van der Waals surface area contributed by atoms with Gasteiger partial charge in [-0.05, 0) is 35.9 Å². The van der Waals surface area contributed by atoms with E-state index in [2.05, 4.69) is 15.9 Å². The van der Waals surface area contributed by atoms with Crippen LogP contribution < -0.4 is 10.5 Å². The molecule has 0 spiro atoms. The van der Waals surface area contributed by atoms with Gasteiger partial charge in [0.15, 0.2) is 11.6 Å². The van der Waals surface area contributed by atoms with Gasteiger partial charge in [0.1, 0.15) is 5.75 Å². The van der Waals surface area contributed by atoms with Gasteiger partial charge in [-0.25, -0.2) is 4.39 Å². The molecule has 0 saturated heterocycles. The summed E-state index contributed by atoms with van der Waals surface area (Å²) in [7, 11) is 0. The average Bonchev–Trinajstić information content (AvgIpc) is 2.34. The maximum atomic E-state index is 13.7. The Morgan fingerprint density at radius 3 is 2.50 bits per heavy atom.